The Labute approximate surface area is 130 Å². The molecule has 19 heavy (non-hydrogen) atoms. The molecule has 0 aliphatic carbocycles. The van der Waals surface area contributed by atoms with Gasteiger partial charge in [0.1, 0.15) is 5.75 Å². The van der Waals surface area contributed by atoms with E-state index in [1.807, 2.05) is 6.07 Å². The highest BCUT2D eigenvalue weighted by molar-refractivity contribution is 9.11. The third-order valence-electron chi connectivity index (χ3n) is 3.95. The second-order valence-corrected chi connectivity index (χ2v) is 6.95. The van der Waals surface area contributed by atoms with Crippen molar-refractivity contribution in [3.63, 3.8) is 0 Å². The lowest BCUT2D eigenvalue weighted by Gasteiger charge is -2.21. The first-order valence-corrected chi connectivity index (χ1v) is 8.16. The summed E-state index contributed by atoms with van der Waals surface area (Å²) in [5.41, 5.74) is 1.16. The number of hydrogen-bond acceptors (Lipinski definition) is 3. The topological polar surface area (TPSA) is 30.5 Å². The van der Waals surface area contributed by atoms with E-state index in [2.05, 4.69) is 43.2 Å². The van der Waals surface area contributed by atoms with Gasteiger partial charge in [-0.05, 0) is 47.3 Å². The lowest BCUT2D eigenvalue weighted by molar-refractivity contribution is 0.0972. The molecule has 2 heterocycles. The standard InChI is InChI=1S/C14H17Br2NO2/c1-18-14-8(4-9(15)5-11(14)16)7-17-12-6-10-2-3-13(12)19-10/h4-5,10,12-13,17H,2-3,6-7H2,1H3. The van der Waals surface area contributed by atoms with Gasteiger partial charge >= 0.3 is 0 Å². The molecule has 1 aromatic carbocycles. The molecule has 0 saturated carbocycles. The molecule has 3 unspecified atom stereocenters. The van der Waals surface area contributed by atoms with Gasteiger partial charge in [-0.15, -0.1) is 0 Å². The fourth-order valence-corrected chi connectivity index (χ4v) is 4.54. The zero-order valence-corrected chi connectivity index (χ0v) is 14.0. The molecular formula is C14H17Br2NO2. The van der Waals surface area contributed by atoms with Gasteiger partial charge in [0.15, 0.2) is 0 Å². The van der Waals surface area contributed by atoms with Gasteiger partial charge in [-0.25, -0.2) is 0 Å². The van der Waals surface area contributed by atoms with Crippen LogP contribution in [0.2, 0.25) is 0 Å². The zero-order valence-electron chi connectivity index (χ0n) is 10.8. The molecule has 0 aromatic heterocycles. The first kappa shape index (κ1) is 13.9. The molecule has 0 amide bonds. The van der Waals surface area contributed by atoms with E-state index < -0.39 is 0 Å². The minimum Gasteiger partial charge on any atom is -0.495 e. The number of rotatable bonds is 4. The number of halogens is 2. The van der Waals surface area contributed by atoms with Gasteiger partial charge in [0, 0.05) is 22.6 Å². The second kappa shape index (κ2) is 5.72. The number of fused-ring (bicyclic) bond motifs is 2. The Bertz CT molecular complexity index is 481. The molecule has 0 spiro atoms. The fraction of sp³-hybridized carbons (Fsp3) is 0.571. The van der Waals surface area contributed by atoms with E-state index in [4.69, 9.17) is 9.47 Å². The van der Waals surface area contributed by atoms with E-state index in [9.17, 15) is 0 Å². The SMILES string of the molecule is COc1c(Br)cc(Br)cc1CNC1CC2CCC1O2. The van der Waals surface area contributed by atoms with Gasteiger partial charge in [-0.1, -0.05) is 15.9 Å². The number of nitrogens with one attached hydrogen (secondary N) is 1. The zero-order chi connectivity index (χ0) is 13.4. The first-order chi connectivity index (χ1) is 9.17. The third-order valence-corrected chi connectivity index (χ3v) is 5.00. The van der Waals surface area contributed by atoms with Crippen LogP contribution >= 0.6 is 31.9 Å². The molecule has 0 radical (unpaired) electrons. The highest BCUT2D eigenvalue weighted by Crippen LogP contribution is 2.36. The van der Waals surface area contributed by atoms with E-state index in [1.54, 1.807) is 7.11 Å². The molecule has 1 aromatic rings. The maximum atomic E-state index is 5.87. The molecule has 1 N–H and O–H groups in total. The van der Waals surface area contributed by atoms with Gasteiger partial charge < -0.3 is 14.8 Å². The Balaban J connectivity index is 1.69. The van der Waals surface area contributed by atoms with E-state index in [-0.39, 0.29) is 0 Å². The van der Waals surface area contributed by atoms with Crippen LogP contribution in [0.3, 0.4) is 0 Å². The van der Waals surface area contributed by atoms with Crippen LogP contribution in [0.4, 0.5) is 0 Å². The van der Waals surface area contributed by atoms with Crippen molar-refractivity contribution in [1.29, 1.82) is 0 Å². The molecule has 2 aliphatic rings. The van der Waals surface area contributed by atoms with Crippen molar-refractivity contribution >= 4 is 31.9 Å². The molecule has 3 rings (SSSR count). The summed E-state index contributed by atoms with van der Waals surface area (Å²) in [7, 11) is 1.71. The molecule has 104 valence electrons. The minimum absolute atomic E-state index is 0.409. The summed E-state index contributed by atoms with van der Waals surface area (Å²) in [6.07, 6.45) is 4.46. The van der Waals surface area contributed by atoms with Crippen molar-refractivity contribution < 1.29 is 9.47 Å². The Morgan fingerprint density at radius 1 is 1.37 bits per heavy atom. The lowest BCUT2D eigenvalue weighted by atomic mass is 9.95. The van der Waals surface area contributed by atoms with Crippen LogP contribution in [-0.4, -0.2) is 25.4 Å². The molecule has 3 atom stereocenters. The molecule has 2 aliphatic heterocycles. The van der Waals surface area contributed by atoms with Crippen molar-refractivity contribution in [1.82, 2.24) is 5.32 Å². The van der Waals surface area contributed by atoms with Crippen LogP contribution < -0.4 is 10.1 Å². The Morgan fingerprint density at radius 3 is 2.84 bits per heavy atom. The Morgan fingerprint density at radius 2 is 2.21 bits per heavy atom. The Kier molecular flexibility index (Phi) is 4.17. The summed E-state index contributed by atoms with van der Waals surface area (Å²) in [5, 5.41) is 3.61. The molecule has 2 bridgehead atoms. The fourth-order valence-electron chi connectivity index (χ4n) is 3.07. The van der Waals surface area contributed by atoms with E-state index in [0.717, 1.165) is 33.2 Å². The second-order valence-electron chi connectivity index (χ2n) is 5.18. The third kappa shape index (κ3) is 2.84. The van der Waals surface area contributed by atoms with Crippen LogP contribution in [0, 0.1) is 0 Å². The van der Waals surface area contributed by atoms with Crippen molar-refractivity contribution in [2.75, 3.05) is 7.11 Å². The summed E-state index contributed by atoms with van der Waals surface area (Å²) in [4.78, 5) is 0. The largest absolute Gasteiger partial charge is 0.495 e. The average Bonchev–Trinajstić information content (AvgIpc) is 2.97. The number of benzene rings is 1. The molecule has 2 fully saturated rings. The predicted octanol–water partition coefficient (Wildman–Crippen LogP) is 3.63. The smallest absolute Gasteiger partial charge is 0.137 e. The first-order valence-electron chi connectivity index (χ1n) is 6.58. The lowest BCUT2D eigenvalue weighted by Crippen LogP contribution is -2.37. The van der Waals surface area contributed by atoms with Crippen LogP contribution in [0.25, 0.3) is 0 Å². The number of hydrogen-bond donors (Lipinski definition) is 1. The van der Waals surface area contributed by atoms with Gasteiger partial charge in [0.05, 0.1) is 23.8 Å². The van der Waals surface area contributed by atoms with Crippen LogP contribution in [0.15, 0.2) is 21.1 Å². The summed E-state index contributed by atoms with van der Waals surface area (Å²) in [5.74, 6) is 0.903. The summed E-state index contributed by atoms with van der Waals surface area (Å²) < 4.78 is 13.4. The quantitative estimate of drug-likeness (QED) is 0.851. The highest BCUT2D eigenvalue weighted by atomic mass is 79.9. The van der Waals surface area contributed by atoms with E-state index in [1.165, 1.54) is 12.8 Å². The molecule has 3 nitrogen and oxygen atoms in total. The molecule has 5 heteroatoms. The maximum Gasteiger partial charge on any atom is 0.137 e. The maximum absolute atomic E-state index is 5.87. The van der Waals surface area contributed by atoms with Gasteiger partial charge in [0.25, 0.3) is 0 Å². The minimum atomic E-state index is 0.409. The normalized spacial score (nSPS) is 28.9. The van der Waals surface area contributed by atoms with Crippen LogP contribution in [-0.2, 0) is 11.3 Å². The Hall–Kier alpha value is -0.100. The van der Waals surface area contributed by atoms with Crippen LogP contribution in [0.1, 0.15) is 24.8 Å². The van der Waals surface area contributed by atoms with Crippen molar-refractivity contribution in [2.24, 2.45) is 0 Å². The summed E-state index contributed by atoms with van der Waals surface area (Å²) in [6.45, 7) is 0.804. The summed E-state index contributed by atoms with van der Waals surface area (Å²) in [6, 6.07) is 4.59. The van der Waals surface area contributed by atoms with Crippen LogP contribution in [0.5, 0.6) is 5.75 Å². The molecule has 2 saturated heterocycles. The monoisotopic (exact) mass is 389 g/mol. The summed E-state index contributed by atoms with van der Waals surface area (Å²) >= 11 is 7.06. The van der Waals surface area contributed by atoms with E-state index >= 15 is 0 Å². The van der Waals surface area contributed by atoms with Gasteiger partial charge in [0.2, 0.25) is 0 Å². The highest BCUT2D eigenvalue weighted by Gasteiger charge is 2.40. The molecular weight excluding hydrogens is 374 g/mol. The number of ether oxygens (including phenoxy) is 2. The van der Waals surface area contributed by atoms with Gasteiger partial charge in [-0.2, -0.15) is 0 Å². The average molecular weight is 391 g/mol. The van der Waals surface area contributed by atoms with Crippen molar-refractivity contribution in [3.8, 4) is 5.75 Å². The van der Waals surface area contributed by atoms with Gasteiger partial charge in [-0.3, -0.25) is 0 Å². The number of methoxy groups -OCH3 is 1. The van der Waals surface area contributed by atoms with Crippen molar-refractivity contribution in [2.45, 2.75) is 44.1 Å². The van der Waals surface area contributed by atoms with E-state index in [0.29, 0.717) is 18.2 Å². The predicted molar refractivity (Wildman–Crippen MR) is 81.5 cm³/mol. The van der Waals surface area contributed by atoms with Crippen molar-refractivity contribution in [3.05, 3.63) is 26.6 Å².